The third-order valence-corrected chi connectivity index (χ3v) is 9.98. The molecule has 0 saturated carbocycles. The zero-order valence-electron chi connectivity index (χ0n) is 27.8. The minimum atomic E-state index is 0.876. The standard InChI is InChI=1S/C48H32N2O/c1-4-16-33(17-5-1)37-22-10-12-25-41(37)50(36-30-31-46-40(32-36)39-23-11-13-29-45(39)51-46)44-28-15-27-43-48(44)47-38(34-18-6-2-7-19-34)24-14-26-42(47)49(43)35-20-8-3-9-21-35/h1-32H. The van der Waals surface area contributed by atoms with Crippen LogP contribution in [0.1, 0.15) is 0 Å². The minimum absolute atomic E-state index is 0.876. The number of hydrogen-bond acceptors (Lipinski definition) is 2. The van der Waals surface area contributed by atoms with Gasteiger partial charge in [0.15, 0.2) is 0 Å². The van der Waals surface area contributed by atoms with E-state index in [1.165, 1.54) is 21.9 Å². The molecule has 0 bridgehead atoms. The van der Waals surface area contributed by atoms with Gasteiger partial charge in [0.25, 0.3) is 0 Å². The van der Waals surface area contributed by atoms with E-state index in [1.807, 2.05) is 12.1 Å². The summed E-state index contributed by atoms with van der Waals surface area (Å²) in [5.74, 6) is 0. The number of furan rings is 1. The largest absolute Gasteiger partial charge is 0.456 e. The molecule has 0 saturated heterocycles. The highest BCUT2D eigenvalue weighted by Crippen LogP contribution is 2.49. The molecule has 0 unspecified atom stereocenters. The topological polar surface area (TPSA) is 21.3 Å². The van der Waals surface area contributed by atoms with Crippen LogP contribution in [-0.2, 0) is 0 Å². The lowest BCUT2D eigenvalue weighted by Crippen LogP contribution is -2.11. The fourth-order valence-corrected chi connectivity index (χ4v) is 7.78. The number of para-hydroxylation sites is 3. The molecule has 3 nitrogen and oxygen atoms in total. The van der Waals surface area contributed by atoms with Gasteiger partial charge in [-0.15, -0.1) is 0 Å². The van der Waals surface area contributed by atoms with Crippen LogP contribution in [0.5, 0.6) is 0 Å². The number of fused-ring (bicyclic) bond motifs is 6. The zero-order chi connectivity index (χ0) is 33.7. The molecule has 0 spiro atoms. The Morgan fingerprint density at radius 3 is 1.75 bits per heavy atom. The second kappa shape index (κ2) is 11.9. The van der Waals surface area contributed by atoms with Gasteiger partial charge in [-0.3, -0.25) is 0 Å². The summed E-state index contributed by atoms with van der Waals surface area (Å²) < 4.78 is 8.73. The Morgan fingerprint density at radius 1 is 0.392 bits per heavy atom. The summed E-state index contributed by atoms with van der Waals surface area (Å²) in [6.45, 7) is 0. The third kappa shape index (κ3) is 4.74. The van der Waals surface area contributed by atoms with E-state index < -0.39 is 0 Å². The molecule has 0 atom stereocenters. The van der Waals surface area contributed by atoms with E-state index in [-0.39, 0.29) is 0 Å². The molecule has 2 heterocycles. The van der Waals surface area contributed by atoms with Crippen molar-refractivity contribution >= 4 is 60.8 Å². The van der Waals surface area contributed by atoms with Crippen LogP contribution < -0.4 is 4.90 Å². The summed E-state index contributed by atoms with van der Waals surface area (Å²) in [5.41, 5.74) is 13.2. The first kappa shape index (κ1) is 29.1. The van der Waals surface area contributed by atoms with E-state index in [0.29, 0.717) is 0 Å². The second-order valence-corrected chi connectivity index (χ2v) is 12.9. The normalized spacial score (nSPS) is 11.5. The Kier molecular flexibility index (Phi) is 6.81. The van der Waals surface area contributed by atoms with E-state index in [0.717, 1.165) is 66.8 Å². The maximum absolute atomic E-state index is 6.31. The lowest BCUT2D eigenvalue weighted by atomic mass is 9.97. The molecule has 10 aromatic rings. The summed E-state index contributed by atoms with van der Waals surface area (Å²) in [6.07, 6.45) is 0. The number of anilines is 3. The number of benzene rings is 8. The first-order valence-electron chi connectivity index (χ1n) is 17.4. The molecule has 0 radical (unpaired) electrons. The van der Waals surface area contributed by atoms with Crippen LogP contribution in [0, 0.1) is 0 Å². The minimum Gasteiger partial charge on any atom is -0.456 e. The quantitative estimate of drug-likeness (QED) is 0.178. The fourth-order valence-electron chi connectivity index (χ4n) is 7.78. The van der Waals surface area contributed by atoms with E-state index in [4.69, 9.17) is 4.42 Å². The summed E-state index contributed by atoms with van der Waals surface area (Å²) >= 11 is 0. The van der Waals surface area contributed by atoms with Gasteiger partial charge in [-0.05, 0) is 77.4 Å². The highest BCUT2D eigenvalue weighted by Gasteiger charge is 2.25. The Bertz CT molecular complexity index is 2850. The molecular weight excluding hydrogens is 621 g/mol. The molecule has 2 aromatic heterocycles. The van der Waals surface area contributed by atoms with Crippen LogP contribution in [0.2, 0.25) is 0 Å². The summed E-state index contributed by atoms with van der Waals surface area (Å²) in [4.78, 5) is 2.45. The van der Waals surface area contributed by atoms with Crippen LogP contribution in [0.15, 0.2) is 199 Å². The molecule has 0 amide bonds. The third-order valence-electron chi connectivity index (χ3n) is 9.98. The molecule has 10 rings (SSSR count). The lowest BCUT2D eigenvalue weighted by Gasteiger charge is -2.29. The first-order chi connectivity index (χ1) is 25.3. The van der Waals surface area contributed by atoms with Gasteiger partial charge in [-0.1, -0.05) is 133 Å². The SMILES string of the molecule is c1ccc(-c2ccccc2N(c2ccc3oc4ccccc4c3c2)c2cccc3c2c2c(-c4ccccc4)cccc2n3-c2ccccc2)cc1. The van der Waals surface area contributed by atoms with Gasteiger partial charge in [0, 0.05) is 38.5 Å². The molecule has 0 aliphatic rings. The fraction of sp³-hybridized carbons (Fsp3) is 0. The summed E-state index contributed by atoms with van der Waals surface area (Å²) in [5, 5.41) is 4.61. The van der Waals surface area contributed by atoms with Gasteiger partial charge in [0.1, 0.15) is 11.2 Å². The monoisotopic (exact) mass is 652 g/mol. The van der Waals surface area contributed by atoms with E-state index in [1.54, 1.807) is 0 Å². The van der Waals surface area contributed by atoms with Gasteiger partial charge in [-0.2, -0.15) is 0 Å². The van der Waals surface area contributed by atoms with Gasteiger partial charge < -0.3 is 13.9 Å². The average molecular weight is 653 g/mol. The first-order valence-corrected chi connectivity index (χ1v) is 17.4. The summed E-state index contributed by atoms with van der Waals surface area (Å²) in [6, 6.07) is 69.2. The van der Waals surface area contributed by atoms with E-state index in [2.05, 4.69) is 191 Å². The van der Waals surface area contributed by atoms with Crippen molar-refractivity contribution in [2.75, 3.05) is 4.90 Å². The molecule has 51 heavy (non-hydrogen) atoms. The van der Waals surface area contributed by atoms with Crippen LogP contribution in [-0.4, -0.2) is 4.57 Å². The molecule has 240 valence electrons. The van der Waals surface area contributed by atoms with Crippen LogP contribution in [0.25, 0.3) is 71.7 Å². The zero-order valence-corrected chi connectivity index (χ0v) is 27.8. The predicted molar refractivity (Wildman–Crippen MR) is 214 cm³/mol. The van der Waals surface area contributed by atoms with Crippen molar-refractivity contribution in [1.82, 2.24) is 4.57 Å². The van der Waals surface area contributed by atoms with Crippen LogP contribution >= 0.6 is 0 Å². The van der Waals surface area contributed by atoms with Gasteiger partial charge in [-0.25, -0.2) is 0 Å². The maximum atomic E-state index is 6.31. The summed E-state index contributed by atoms with van der Waals surface area (Å²) in [7, 11) is 0. The second-order valence-electron chi connectivity index (χ2n) is 12.9. The maximum Gasteiger partial charge on any atom is 0.135 e. The number of nitrogens with zero attached hydrogens (tertiary/aromatic N) is 2. The lowest BCUT2D eigenvalue weighted by molar-refractivity contribution is 0.669. The van der Waals surface area contributed by atoms with Crippen molar-refractivity contribution in [3.8, 4) is 27.9 Å². The predicted octanol–water partition coefficient (Wildman–Crippen LogP) is 13.5. The van der Waals surface area contributed by atoms with Crippen molar-refractivity contribution in [2.24, 2.45) is 0 Å². The molecule has 3 heteroatoms. The average Bonchev–Trinajstić information content (AvgIpc) is 3.75. The highest BCUT2D eigenvalue weighted by atomic mass is 16.3. The highest BCUT2D eigenvalue weighted by molar-refractivity contribution is 6.22. The van der Waals surface area contributed by atoms with E-state index in [9.17, 15) is 0 Å². The van der Waals surface area contributed by atoms with Gasteiger partial charge >= 0.3 is 0 Å². The molecular formula is C48H32N2O. The molecule has 0 fully saturated rings. The van der Waals surface area contributed by atoms with Crippen molar-refractivity contribution in [1.29, 1.82) is 0 Å². The Hall–Kier alpha value is -6.84. The van der Waals surface area contributed by atoms with E-state index >= 15 is 0 Å². The van der Waals surface area contributed by atoms with Gasteiger partial charge in [0.05, 0.1) is 22.4 Å². The Morgan fingerprint density at radius 2 is 0.961 bits per heavy atom. The van der Waals surface area contributed by atoms with Crippen molar-refractivity contribution in [3.63, 3.8) is 0 Å². The molecule has 0 aliphatic heterocycles. The van der Waals surface area contributed by atoms with Crippen molar-refractivity contribution < 1.29 is 4.42 Å². The number of hydrogen-bond donors (Lipinski definition) is 0. The number of rotatable bonds is 6. The Balaban J connectivity index is 1.35. The van der Waals surface area contributed by atoms with Crippen molar-refractivity contribution in [3.05, 3.63) is 194 Å². The van der Waals surface area contributed by atoms with Gasteiger partial charge in [0.2, 0.25) is 0 Å². The van der Waals surface area contributed by atoms with Crippen LogP contribution in [0.3, 0.4) is 0 Å². The molecule has 8 aromatic carbocycles. The van der Waals surface area contributed by atoms with Crippen LogP contribution in [0.4, 0.5) is 17.1 Å². The number of aromatic nitrogens is 1. The molecule has 0 aliphatic carbocycles. The smallest absolute Gasteiger partial charge is 0.135 e. The van der Waals surface area contributed by atoms with Crippen molar-refractivity contribution in [2.45, 2.75) is 0 Å². The Labute approximate surface area is 295 Å². The molecule has 0 N–H and O–H groups in total.